The number of anilines is 1. The Morgan fingerprint density at radius 3 is 2.48 bits per heavy atom. The highest BCUT2D eigenvalue weighted by Crippen LogP contribution is 2.25. The lowest BCUT2D eigenvalue weighted by atomic mass is 9.89. The van der Waals surface area contributed by atoms with Gasteiger partial charge in [-0.05, 0) is 26.3 Å². The van der Waals surface area contributed by atoms with Crippen LogP contribution in [0.3, 0.4) is 0 Å². The summed E-state index contributed by atoms with van der Waals surface area (Å²) in [6.07, 6.45) is 0.294. The number of rotatable bonds is 6. The predicted molar refractivity (Wildman–Crippen MR) is 77.1 cm³/mol. The van der Waals surface area contributed by atoms with Crippen molar-refractivity contribution in [3.8, 4) is 0 Å². The molecule has 7 heteroatoms. The number of nitro groups is 1. The van der Waals surface area contributed by atoms with E-state index in [4.69, 9.17) is 5.11 Å². The van der Waals surface area contributed by atoms with Gasteiger partial charge in [-0.2, -0.15) is 0 Å². The lowest BCUT2D eigenvalue weighted by Gasteiger charge is -2.18. The van der Waals surface area contributed by atoms with Crippen LogP contribution >= 0.6 is 0 Å². The maximum absolute atomic E-state index is 11.8. The number of aryl methyl sites for hydroxylation is 1. The summed E-state index contributed by atoms with van der Waals surface area (Å²) in [5.74, 6) is -1.58. The second-order valence-corrected chi connectivity index (χ2v) is 5.37. The topological polar surface area (TPSA) is 110 Å². The number of nitrogens with one attached hydrogen (secondary N) is 1. The van der Waals surface area contributed by atoms with E-state index in [0.29, 0.717) is 12.0 Å². The highest BCUT2D eigenvalue weighted by molar-refractivity contribution is 5.94. The molecule has 0 unspecified atom stereocenters. The molecule has 0 fully saturated rings. The molecule has 0 radical (unpaired) electrons. The smallest absolute Gasteiger partial charge is 0.309 e. The van der Waals surface area contributed by atoms with E-state index in [9.17, 15) is 19.7 Å². The Morgan fingerprint density at radius 1 is 1.38 bits per heavy atom. The van der Waals surface area contributed by atoms with Crippen LogP contribution < -0.4 is 5.32 Å². The van der Waals surface area contributed by atoms with E-state index in [-0.39, 0.29) is 17.8 Å². The molecule has 2 N–H and O–H groups in total. The molecular formula is C14H18N2O5. The first-order valence-electron chi connectivity index (χ1n) is 6.48. The molecule has 0 saturated carbocycles. The third kappa shape index (κ3) is 4.27. The van der Waals surface area contributed by atoms with Crippen molar-refractivity contribution >= 4 is 23.3 Å². The van der Waals surface area contributed by atoms with E-state index in [1.807, 2.05) is 0 Å². The molecule has 7 nitrogen and oxygen atoms in total. The Balaban J connectivity index is 2.89. The fourth-order valence-corrected chi connectivity index (χ4v) is 1.79. The van der Waals surface area contributed by atoms with Gasteiger partial charge >= 0.3 is 5.97 Å². The second-order valence-electron chi connectivity index (χ2n) is 5.37. The predicted octanol–water partition coefficient (Wildman–Crippen LogP) is 2.60. The summed E-state index contributed by atoms with van der Waals surface area (Å²) in [4.78, 5) is 33.2. The monoisotopic (exact) mass is 294 g/mol. The van der Waals surface area contributed by atoms with Crippen molar-refractivity contribution < 1.29 is 19.6 Å². The first-order chi connectivity index (χ1) is 9.67. The van der Waals surface area contributed by atoms with Crippen LogP contribution in [0.25, 0.3) is 0 Å². The molecule has 0 atom stereocenters. The number of carboxylic acid groups (broad SMARTS) is 1. The SMILES string of the molecule is CCc1ccc(NC(=O)CC(C)(C)C(=O)O)cc1[N+](=O)[O-]. The molecule has 0 saturated heterocycles. The average molecular weight is 294 g/mol. The van der Waals surface area contributed by atoms with Crippen LogP contribution in [-0.4, -0.2) is 21.9 Å². The number of hydrogen-bond acceptors (Lipinski definition) is 4. The molecule has 0 bridgehead atoms. The van der Waals surface area contributed by atoms with Crippen LogP contribution in [0, 0.1) is 15.5 Å². The van der Waals surface area contributed by atoms with Crippen LogP contribution in [0.2, 0.25) is 0 Å². The number of nitrogens with zero attached hydrogens (tertiary/aromatic N) is 1. The number of carbonyl (C=O) groups excluding carboxylic acids is 1. The van der Waals surface area contributed by atoms with Gasteiger partial charge in [-0.25, -0.2) is 0 Å². The number of aliphatic carboxylic acids is 1. The summed E-state index contributed by atoms with van der Waals surface area (Å²) in [5, 5.41) is 22.4. The van der Waals surface area contributed by atoms with Gasteiger partial charge in [0.1, 0.15) is 0 Å². The Hall–Kier alpha value is -2.44. The molecule has 0 spiro atoms. The standard InChI is InChI=1S/C14H18N2O5/c1-4-9-5-6-10(7-11(9)16(20)21)15-12(17)8-14(2,3)13(18)19/h5-7H,4,8H2,1-3H3,(H,15,17)(H,18,19). The maximum atomic E-state index is 11.8. The minimum atomic E-state index is -1.20. The number of nitro benzene ring substituents is 1. The Morgan fingerprint density at radius 2 is 2.00 bits per heavy atom. The molecule has 1 aromatic rings. The molecule has 0 aromatic heterocycles. The number of amides is 1. The summed E-state index contributed by atoms with van der Waals surface area (Å²) in [5.41, 5.74) is -0.402. The van der Waals surface area contributed by atoms with Crippen molar-refractivity contribution in [3.63, 3.8) is 0 Å². The van der Waals surface area contributed by atoms with Crippen LogP contribution in [0.4, 0.5) is 11.4 Å². The van der Waals surface area contributed by atoms with Gasteiger partial charge in [-0.15, -0.1) is 0 Å². The summed E-state index contributed by atoms with van der Waals surface area (Å²) in [6, 6.07) is 4.43. The van der Waals surface area contributed by atoms with Gasteiger partial charge < -0.3 is 10.4 Å². The number of carboxylic acids is 1. The number of benzene rings is 1. The zero-order valence-electron chi connectivity index (χ0n) is 12.2. The van der Waals surface area contributed by atoms with Crippen molar-refractivity contribution in [2.24, 2.45) is 5.41 Å². The van der Waals surface area contributed by atoms with E-state index in [1.165, 1.54) is 19.9 Å². The van der Waals surface area contributed by atoms with Crippen molar-refractivity contribution in [1.82, 2.24) is 0 Å². The summed E-state index contributed by atoms with van der Waals surface area (Å²) in [7, 11) is 0. The zero-order chi connectivity index (χ0) is 16.2. The normalized spacial score (nSPS) is 11.0. The number of carbonyl (C=O) groups is 2. The minimum absolute atomic E-state index is 0.0622. The van der Waals surface area contributed by atoms with E-state index < -0.39 is 22.2 Å². The Kier molecular flexibility index (Phi) is 5.02. The Labute approximate surface area is 122 Å². The van der Waals surface area contributed by atoms with Gasteiger partial charge in [0.05, 0.1) is 10.3 Å². The second kappa shape index (κ2) is 6.34. The highest BCUT2D eigenvalue weighted by Gasteiger charge is 2.30. The highest BCUT2D eigenvalue weighted by atomic mass is 16.6. The van der Waals surface area contributed by atoms with Crippen LogP contribution in [0.1, 0.15) is 32.8 Å². The lowest BCUT2D eigenvalue weighted by molar-refractivity contribution is -0.385. The molecule has 1 aromatic carbocycles. The fraction of sp³-hybridized carbons (Fsp3) is 0.429. The third-order valence-corrected chi connectivity index (χ3v) is 3.13. The van der Waals surface area contributed by atoms with Crippen molar-refractivity contribution in [3.05, 3.63) is 33.9 Å². The van der Waals surface area contributed by atoms with Gasteiger partial charge in [0.15, 0.2) is 0 Å². The van der Waals surface area contributed by atoms with Crippen LogP contribution in [-0.2, 0) is 16.0 Å². The lowest BCUT2D eigenvalue weighted by Crippen LogP contribution is -2.29. The van der Waals surface area contributed by atoms with Crippen molar-refractivity contribution in [1.29, 1.82) is 0 Å². The third-order valence-electron chi connectivity index (χ3n) is 3.13. The quantitative estimate of drug-likeness (QED) is 0.619. The molecule has 0 aliphatic carbocycles. The molecule has 0 aliphatic rings. The van der Waals surface area contributed by atoms with Crippen molar-refractivity contribution in [2.75, 3.05) is 5.32 Å². The van der Waals surface area contributed by atoms with Crippen LogP contribution in [0.5, 0.6) is 0 Å². The van der Waals surface area contributed by atoms with Gasteiger partial charge in [-0.3, -0.25) is 19.7 Å². The first-order valence-corrected chi connectivity index (χ1v) is 6.48. The van der Waals surface area contributed by atoms with Gasteiger partial charge in [-0.1, -0.05) is 13.0 Å². The van der Waals surface area contributed by atoms with Gasteiger partial charge in [0, 0.05) is 23.7 Å². The molecule has 0 aliphatic heterocycles. The van der Waals surface area contributed by atoms with Gasteiger partial charge in [0.25, 0.3) is 5.69 Å². The molecule has 0 heterocycles. The molecule has 114 valence electrons. The summed E-state index contributed by atoms with van der Waals surface area (Å²) < 4.78 is 0. The van der Waals surface area contributed by atoms with E-state index in [2.05, 4.69) is 5.32 Å². The zero-order valence-corrected chi connectivity index (χ0v) is 12.2. The van der Waals surface area contributed by atoms with E-state index >= 15 is 0 Å². The average Bonchev–Trinajstić information content (AvgIpc) is 2.37. The molecule has 1 rings (SSSR count). The first kappa shape index (κ1) is 16.6. The Bertz CT molecular complexity index is 581. The van der Waals surface area contributed by atoms with Crippen molar-refractivity contribution in [2.45, 2.75) is 33.6 Å². The molecule has 21 heavy (non-hydrogen) atoms. The molecule has 1 amide bonds. The van der Waals surface area contributed by atoms with Crippen LogP contribution in [0.15, 0.2) is 18.2 Å². The van der Waals surface area contributed by atoms with E-state index in [0.717, 1.165) is 0 Å². The molecular weight excluding hydrogens is 276 g/mol. The largest absolute Gasteiger partial charge is 0.481 e. The van der Waals surface area contributed by atoms with Gasteiger partial charge in [0.2, 0.25) is 5.91 Å². The van der Waals surface area contributed by atoms with E-state index in [1.54, 1.807) is 19.1 Å². The maximum Gasteiger partial charge on any atom is 0.309 e. The minimum Gasteiger partial charge on any atom is -0.481 e. The fourth-order valence-electron chi connectivity index (χ4n) is 1.79. The summed E-state index contributed by atoms with van der Waals surface area (Å²) >= 11 is 0. The number of hydrogen-bond donors (Lipinski definition) is 2. The summed E-state index contributed by atoms with van der Waals surface area (Å²) in [6.45, 7) is 4.69.